The Kier molecular flexibility index (Phi) is 6.07. The van der Waals surface area contributed by atoms with Crippen LogP contribution >= 0.6 is 0 Å². The van der Waals surface area contributed by atoms with Crippen molar-refractivity contribution in [2.24, 2.45) is 0 Å². The summed E-state index contributed by atoms with van der Waals surface area (Å²) in [5, 5.41) is 0. The van der Waals surface area contributed by atoms with Gasteiger partial charge in [0.2, 0.25) is 0 Å². The Morgan fingerprint density at radius 2 is 1.36 bits per heavy atom. The van der Waals surface area contributed by atoms with Crippen molar-refractivity contribution >= 4 is 5.69 Å². The smallest absolute Gasteiger partial charge is 0.188 e. The Bertz CT molecular complexity index is 718. The third kappa shape index (κ3) is 5.10. The molecule has 0 atom stereocenters. The molecule has 3 heteroatoms. The maximum absolute atomic E-state index is 5.54. The highest BCUT2D eigenvalue weighted by atomic mass is 16.7. The summed E-state index contributed by atoms with van der Waals surface area (Å²) in [5.74, 6) is 0.686. The van der Waals surface area contributed by atoms with E-state index in [0.717, 1.165) is 18.8 Å². The van der Waals surface area contributed by atoms with Gasteiger partial charge in [-0.3, -0.25) is 0 Å². The van der Waals surface area contributed by atoms with Crippen LogP contribution in [0.3, 0.4) is 0 Å². The van der Waals surface area contributed by atoms with Crippen molar-refractivity contribution < 1.29 is 9.47 Å². The van der Waals surface area contributed by atoms with Gasteiger partial charge in [-0.1, -0.05) is 66.7 Å². The predicted octanol–water partition coefficient (Wildman–Crippen LogP) is 4.68. The second-order valence-corrected chi connectivity index (χ2v) is 5.78. The zero-order chi connectivity index (χ0) is 17.3. The van der Waals surface area contributed by atoms with E-state index in [9.17, 15) is 0 Å². The van der Waals surface area contributed by atoms with E-state index >= 15 is 0 Å². The average molecular weight is 332 g/mol. The van der Waals surface area contributed by atoms with Crippen molar-refractivity contribution in [3.63, 3.8) is 0 Å². The van der Waals surface area contributed by atoms with Gasteiger partial charge in [-0.2, -0.15) is 0 Å². The first-order valence-corrected chi connectivity index (χ1v) is 8.32. The van der Waals surface area contributed by atoms with E-state index in [-0.39, 0.29) is 6.79 Å². The van der Waals surface area contributed by atoms with Crippen LogP contribution in [0.4, 0.5) is 5.69 Å². The van der Waals surface area contributed by atoms with Crippen LogP contribution in [0.5, 0.6) is 5.75 Å². The summed E-state index contributed by atoms with van der Waals surface area (Å²) in [5.41, 5.74) is 3.52. The monoisotopic (exact) mass is 332 g/mol. The van der Waals surface area contributed by atoms with Crippen LogP contribution in [0.15, 0.2) is 78.9 Å². The molecule has 3 aromatic carbocycles. The zero-order valence-electron chi connectivity index (χ0n) is 14.4. The Morgan fingerprint density at radius 3 is 1.92 bits per heavy atom. The fraction of sp³-hybridized carbons (Fsp3) is 0.182. The van der Waals surface area contributed by atoms with Gasteiger partial charge < -0.3 is 14.4 Å². The van der Waals surface area contributed by atoms with E-state index in [1.807, 2.05) is 24.3 Å². The molecule has 0 amide bonds. The molecule has 0 fully saturated rings. The van der Waals surface area contributed by atoms with Crippen molar-refractivity contribution in [3.8, 4) is 5.75 Å². The minimum Gasteiger partial charge on any atom is -0.467 e. The van der Waals surface area contributed by atoms with E-state index in [1.54, 1.807) is 7.11 Å². The normalized spacial score (nSPS) is 10.4. The Balaban J connectivity index is 1.84. The van der Waals surface area contributed by atoms with Crippen LogP contribution in [0.2, 0.25) is 0 Å². The van der Waals surface area contributed by atoms with Crippen molar-refractivity contribution in [2.75, 3.05) is 18.8 Å². The van der Waals surface area contributed by atoms with Crippen molar-refractivity contribution in [3.05, 3.63) is 96.1 Å². The highest BCUT2D eigenvalue weighted by Gasteiger charge is 2.10. The molecule has 3 nitrogen and oxygen atoms in total. The first-order valence-electron chi connectivity index (χ1n) is 8.32. The van der Waals surface area contributed by atoms with Crippen LogP contribution in [-0.4, -0.2) is 13.9 Å². The lowest BCUT2D eigenvalue weighted by Gasteiger charge is -2.25. The van der Waals surface area contributed by atoms with E-state index in [1.165, 1.54) is 11.1 Å². The van der Waals surface area contributed by atoms with Crippen LogP contribution in [-0.2, 0) is 17.8 Å². The first kappa shape index (κ1) is 17.1. The summed E-state index contributed by atoms with van der Waals surface area (Å²) in [6.07, 6.45) is 0. The molecular formula is C22H22NO2. The third-order valence-electron chi connectivity index (χ3n) is 3.86. The fourth-order valence-electron chi connectivity index (χ4n) is 2.66. The fourth-order valence-corrected chi connectivity index (χ4v) is 2.66. The minimum atomic E-state index is 0.220. The average Bonchev–Trinajstić information content (AvgIpc) is 2.68. The van der Waals surface area contributed by atoms with Gasteiger partial charge in [0, 0.05) is 25.9 Å². The molecule has 127 valence electrons. The molecule has 0 aliphatic rings. The molecule has 0 spiro atoms. The number of hydrogen-bond donors (Lipinski definition) is 0. The zero-order valence-corrected chi connectivity index (χ0v) is 14.4. The first-order chi connectivity index (χ1) is 12.3. The maximum Gasteiger partial charge on any atom is 0.188 e. The highest BCUT2D eigenvalue weighted by Crippen LogP contribution is 2.24. The second-order valence-electron chi connectivity index (χ2n) is 5.78. The molecule has 0 saturated carbocycles. The quantitative estimate of drug-likeness (QED) is 0.559. The molecule has 1 radical (unpaired) electrons. The lowest BCUT2D eigenvalue weighted by molar-refractivity contribution is 0.0509. The molecule has 0 aliphatic carbocycles. The number of hydrogen-bond acceptors (Lipinski definition) is 3. The van der Waals surface area contributed by atoms with Crippen molar-refractivity contribution in [1.82, 2.24) is 0 Å². The van der Waals surface area contributed by atoms with Gasteiger partial charge in [0.25, 0.3) is 0 Å². The predicted molar refractivity (Wildman–Crippen MR) is 101 cm³/mol. The van der Waals surface area contributed by atoms with Gasteiger partial charge >= 0.3 is 0 Å². The largest absolute Gasteiger partial charge is 0.467 e. The van der Waals surface area contributed by atoms with E-state index in [0.29, 0.717) is 5.75 Å². The van der Waals surface area contributed by atoms with Gasteiger partial charge in [-0.05, 0) is 23.3 Å². The molecular weight excluding hydrogens is 310 g/mol. The van der Waals surface area contributed by atoms with Crippen LogP contribution < -0.4 is 9.64 Å². The Labute approximate surface area is 149 Å². The molecule has 0 N–H and O–H groups in total. The molecule has 0 bridgehead atoms. The molecule has 0 aromatic heterocycles. The van der Waals surface area contributed by atoms with E-state index < -0.39 is 0 Å². The summed E-state index contributed by atoms with van der Waals surface area (Å²) in [6.45, 7) is 1.83. The molecule has 3 aromatic rings. The SMILES string of the molecule is COCOc1[c]c(N(Cc2ccccc2)Cc2ccccc2)ccc1. The second kappa shape index (κ2) is 8.90. The molecule has 0 heterocycles. The highest BCUT2D eigenvalue weighted by molar-refractivity contribution is 5.50. The van der Waals surface area contributed by atoms with Gasteiger partial charge in [0.15, 0.2) is 6.79 Å². The number of ether oxygens (including phenoxy) is 2. The van der Waals surface area contributed by atoms with Gasteiger partial charge in [0.05, 0.1) is 6.07 Å². The van der Waals surface area contributed by atoms with E-state index in [2.05, 4.69) is 65.6 Å². The molecule has 0 saturated heterocycles. The lowest BCUT2D eigenvalue weighted by atomic mass is 10.1. The number of nitrogens with zero attached hydrogens (tertiary/aromatic N) is 1. The van der Waals surface area contributed by atoms with Crippen molar-refractivity contribution in [2.45, 2.75) is 13.1 Å². The number of benzene rings is 3. The van der Waals surface area contributed by atoms with E-state index in [4.69, 9.17) is 9.47 Å². The summed E-state index contributed by atoms with van der Waals surface area (Å²) in [6, 6.07) is 30.2. The number of anilines is 1. The standard InChI is InChI=1S/C22H22NO2/c1-24-18-25-22-14-8-13-21(15-22)23(16-19-9-4-2-5-10-19)17-20-11-6-3-7-12-20/h2-14H,16-18H2,1H3. The van der Waals surface area contributed by atoms with Crippen LogP contribution in [0, 0.1) is 6.07 Å². The number of methoxy groups -OCH3 is 1. The summed E-state index contributed by atoms with van der Waals surface area (Å²) in [4.78, 5) is 2.30. The molecule has 0 unspecified atom stereocenters. The molecule has 3 rings (SSSR count). The maximum atomic E-state index is 5.54. The third-order valence-corrected chi connectivity index (χ3v) is 3.86. The van der Waals surface area contributed by atoms with Gasteiger partial charge in [0.1, 0.15) is 5.75 Å². The summed E-state index contributed by atoms with van der Waals surface area (Å²) in [7, 11) is 1.61. The van der Waals surface area contributed by atoms with Crippen molar-refractivity contribution in [1.29, 1.82) is 0 Å². The molecule has 25 heavy (non-hydrogen) atoms. The Morgan fingerprint density at radius 1 is 0.760 bits per heavy atom. The minimum absolute atomic E-state index is 0.220. The van der Waals surface area contributed by atoms with Gasteiger partial charge in [-0.25, -0.2) is 0 Å². The van der Waals surface area contributed by atoms with Crippen LogP contribution in [0.25, 0.3) is 0 Å². The summed E-state index contributed by atoms with van der Waals surface area (Å²) < 4.78 is 10.5. The summed E-state index contributed by atoms with van der Waals surface area (Å²) >= 11 is 0. The Hall–Kier alpha value is -2.78. The lowest BCUT2D eigenvalue weighted by Crippen LogP contribution is -2.22. The van der Waals surface area contributed by atoms with Gasteiger partial charge in [-0.15, -0.1) is 0 Å². The van der Waals surface area contributed by atoms with Crippen LogP contribution in [0.1, 0.15) is 11.1 Å². The molecule has 0 aliphatic heterocycles. The number of rotatable bonds is 8. The topological polar surface area (TPSA) is 21.7 Å².